The molecule has 2 aliphatic heterocycles. The van der Waals surface area contributed by atoms with Crippen LogP contribution in [0.25, 0.3) is 0 Å². The number of alkyl halides is 1. The van der Waals surface area contributed by atoms with Crippen molar-refractivity contribution in [3.8, 4) is 0 Å². The molecule has 0 aromatic heterocycles. The smallest absolute Gasteiger partial charge is 0.0866 e. The molecule has 0 amide bonds. The van der Waals surface area contributed by atoms with E-state index in [1.807, 2.05) is 0 Å². The van der Waals surface area contributed by atoms with E-state index in [0.29, 0.717) is 29.2 Å². The molecule has 0 spiro atoms. The minimum Gasteiger partial charge on any atom is -0.372 e. The number of halogens is 1. The summed E-state index contributed by atoms with van der Waals surface area (Å²) in [6, 6.07) is 0. The molecular weight excluding hydrogens is 232 g/mol. The van der Waals surface area contributed by atoms with Gasteiger partial charge in [-0.25, -0.2) is 0 Å². The fourth-order valence-corrected chi connectivity index (χ4v) is 2.62. The first-order valence-electron chi connectivity index (χ1n) is 5.15. The van der Waals surface area contributed by atoms with E-state index < -0.39 is 0 Å². The molecule has 0 bridgehead atoms. The lowest BCUT2D eigenvalue weighted by atomic mass is 10.1. The molecule has 0 unspecified atom stereocenters. The third kappa shape index (κ3) is 1.92. The van der Waals surface area contributed by atoms with Gasteiger partial charge in [0.1, 0.15) is 0 Å². The number of hydrogen-bond acceptors (Lipinski definition) is 2. The number of hydrogen-bond donors (Lipinski definition) is 0. The van der Waals surface area contributed by atoms with Gasteiger partial charge in [-0.1, -0.05) is 22.9 Å². The summed E-state index contributed by atoms with van der Waals surface area (Å²) in [5, 5.41) is 0. The molecule has 2 saturated heterocycles. The second kappa shape index (κ2) is 3.87. The van der Waals surface area contributed by atoms with Gasteiger partial charge in [0.25, 0.3) is 0 Å². The molecule has 2 fully saturated rings. The van der Waals surface area contributed by atoms with Gasteiger partial charge in [-0.05, 0) is 13.3 Å². The van der Waals surface area contributed by atoms with Crippen LogP contribution in [-0.4, -0.2) is 29.2 Å². The van der Waals surface area contributed by atoms with Crippen LogP contribution in [0.4, 0.5) is 0 Å². The lowest BCUT2D eigenvalue weighted by Crippen LogP contribution is -2.21. The molecule has 2 nitrogen and oxygen atoms in total. The molecule has 2 heterocycles. The van der Waals surface area contributed by atoms with E-state index in [2.05, 4.69) is 29.8 Å². The molecule has 2 aliphatic rings. The molecular formula is C10H17BrO2. The van der Waals surface area contributed by atoms with Crippen LogP contribution in [0.1, 0.15) is 33.1 Å². The van der Waals surface area contributed by atoms with Gasteiger partial charge in [0, 0.05) is 17.7 Å². The molecule has 0 N–H and O–H groups in total. The largest absolute Gasteiger partial charge is 0.372 e. The average molecular weight is 249 g/mol. The van der Waals surface area contributed by atoms with E-state index in [0.717, 1.165) is 19.3 Å². The van der Waals surface area contributed by atoms with Crippen molar-refractivity contribution in [2.45, 2.75) is 62.4 Å². The molecule has 2 rings (SSSR count). The first kappa shape index (κ1) is 9.94. The van der Waals surface area contributed by atoms with Crippen LogP contribution >= 0.6 is 15.9 Å². The maximum Gasteiger partial charge on any atom is 0.0866 e. The maximum atomic E-state index is 5.94. The molecule has 13 heavy (non-hydrogen) atoms. The Morgan fingerprint density at radius 1 is 1.31 bits per heavy atom. The highest BCUT2D eigenvalue weighted by Gasteiger charge is 2.43. The van der Waals surface area contributed by atoms with Crippen LogP contribution in [0.3, 0.4) is 0 Å². The molecule has 0 aromatic carbocycles. The van der Waals surface area contributed by atoms with E-state index in [1.54, 1.807) is 0 Å². The fraction of sp³-hybridized carbons (Fsp3) is 1.00. The van der Waals surface area contributed by atoms with Gasteiger partial charge in [-0.15, -0.1) is 0 Å². The van der Waals surface area contributed by atoms with Crippen LogP contribution in [-0.2, 0) is 9.47 Å². The highest BCUT2D eigenvalue weighted by molar-refractivity contribution is 9.09. The predicted molar refractivity (Wildman–Crippen MR) is 55.2 cm³/mol. The van der Waals surface area contributed by atoms with Crippen molar-refractivity contribution >= 4 is 15.9 Å². The summed E-state index contributed by atoms with van der Waals surface area (Å²) in [6.45, 7) is 4.31. The van der Waals surface area contributed by atoms with Crippen molar-refractivity contribution in [3.63, 3.8) is 0 Å². The summed E-state index contributed by atoms with van der Waals surface area (Å²) in [4.78, 5) is 0.497. The van der Waals surface area contributed by atoms with Crippen molar-refractivity contribution in [1.82, 2.24) is 0 Å². The Morgan fingerprint density at radius 2 is 2.00 bits per heavy atom. The highest BCUT2D eigenvalue weighted by atomic mass is 79.9. The maximum absolute atomic E-state index is 5.94. The van der Waals surface area contributed by atoms with E-state index in [9.17, 15) is 0 Å². The van der Waals surface area contributed by atoms with E-state index in [4.69, 9.17) is 9.47 Å². The number of fused-ring (bicyclic) bond motifs is 1. The van der Waals surface area contributed by atoms with Crippen LogP contribution in [0, 0.1) is 0 Å². The number of rotatable bonds is 2. The summed E-state index contributed by atoms with van der Waals surface area (Å²) < 4.78 is 11.7. The SMILES string of the molecule is CC[C@@H](Br)[C@H]1C[C@@H]2O[C@H](C)C[C@@H]2O1. The summed E-state index contributed by atoms with van der Waals surface area (Å²) in [6.07, 6.45) is 4.76. The zero-order chi connectivity index (χ0) is 9.42. The van der Waals surface area contributed by atoms with Gasteiger partial charge in [0.2, 0.25) is 0 Å². The fourth-order valence-electron chi connectivity index (χ4n) is 2.28. The van der Waals surface area contributed by atoms with Gasteiger partial charge >= 0.3 is 0 Å². The standard InChI is InChI=1S/C10H17BrO2/c1-3-7(11)8-5-10-9(13-8)4-6(2)12-10/h6-10H,3-5H2,1-2H3/t6-,7-,8-,9+,10+/m1/s1. The van der Waals surface area contributed by atoms with Crippen LogP contribution in [0.2, 0.25) is 0 Å². The summed E-state index contributed by atoms with van der Waals surface area (Å²) in [5.74, 6) is 0. The monoisotopic (exact) mass is 248 g/mol. The van der Waals surface area contributed by atoms with Gasteiger partial charge in [0.05, 0.1) is 24.4 Å². The van der Waals surface area contributed by atoms with Gasteiger partial charge in [-0.3, -0.25) is 0 Å². The Bertz CT molecular complexity index is 172. The second-order valence-corrected chi connectivity index (χ2v) is 5.27. The Balaban J connectivity index is 1.90. The highest BCUT2D eigenvalue weighted by Crippen LogP contribution is 2.36. The third-order valence-electron chi connectivity index (χ3n) is 2.99. The minimum absolute atomic E-state index is 0.367. The topological polar surface area (TPSA) is 18.5 Å². The lowest BCUT2D eigenvalue weighted by Gasteiger charge is -2.17. The van der Waals surface area contributed by atoms with E-state index >= 15 is 0 Å². The van der Waals surface area contributed by atoms with Crippen molar-refractivity contribution in [2.24, 2.45) is 0 Å². The Kier molecular flexibility index (Phi) is 2.96. The first-order valence-corrected chi connectivity index (χ1v) is 6.07. The van der Waals surface area contributed by atoms with Crippen molar-refractivity contribution in [3.05, 3.63) is 0 Å². The number of ether oxygens (including phenoxy) is 2. The summed E-state index contributed by atoms with van der Waals surface area (Å²) in [5.41, 5.74) is 0. The molecule has 0 radical (unpaired) electrons. The van der Waals surface area contributed by atoms with Crippen LogP contribution in [0.5, 0.6) is 0 Å². The first-order chi connectivity index (χ1) is 6.20. The van der Waals surface area contributed by atoms with Gasteiger partial charge in [0.15, 0.2) is 0 Å². The lowest BCUT2D eigenvalue weighted by molar-refractivity contribution is 0.0358. The van der Waals surface area contributed by atoms with Crippen LogP contribution in [0.15, 0.2) is 0 Å². The van der Waals surface area contributed by atoms with Gasteiger partial charge in [-0.2, -0.15) is 0 Å². The molecule has 0 saturated carbocycles. The average Bonchev–Trinajstić information content (AvgIpc) is 2.59. The zero-order valence-corrected chi connectivity index (χ0v) is 9.79. The van der Waals surface area contributed by atoms with Crippen LogP contribution < -0.4 is 0 Å². The van der Waals surface area contributed by atoms with E-state index in [-0.39, 0.29) is 0 Å². The van der Waals surface area contributed by atoms with Crippen molar-refractivity contribution < 1.29 is 9.47 Å². The van der Waals surface area contributed by atoms with Crippen molar-refractivity contribution in [2.75, 3.05) is 0 Å². The second-order valence-electron chi connectivity index (χ2n) is 4.09. The quantitative estimate of drug-likeness (QED) is 0.700. The Labute approximate surface area is 88.1 Å². The van der Waals surface area contributed by atoms with Gasteiger partial charge < -0.3 is 9.47 Å². The van der Waals surface area contributed by atoms with Crippen molar-refractivity contribution in [1.29, 1.82) is 0 Å². The minimum atomic E-state index is 0.367. The summed E-state index contributed by atoms with van der Waals surface area (Å²) in [7, 11) is 0. The summed E-state index contributed by atoms with van der Waals surface area (Å²) >= 11 is 3.65. The molecule has 3 heteroatoms. The molecule has 5 atom stereocenters. The Morgan fingerprint density at radius 3 is 2.62 bits per heavy atom. The predicted octanol–water partition coefficient (Wildman–Crippen LogP) is 2.49. The molecule has 0 aromatic rings. The third-order valence-corrected chi connectivity index (χ3v) is 4.23. The molecule has 0 aliphatic carbocycles. The van der Waals surface area contributed by atoms with E-state index in [1.165, 1.54) is 0 Å². The normalized spacial score (nSPS) is 46.4. The Hall–Kier alpha value is 0.400. The zero-order valence-electron chi connectivity index (χ0n) is 8.20. The molecule has 76 valence electrons.